The second kappa shape index (κ2) is 8.73. The number of hydrogen-bond donors (Lipinski definition) is 2. The zero-order chi connectivity index (χ0) is 20.2. The molecular weight excluding hydrogens is 463 g/mol. The summed E-state index contributed by atoms with van der Waals surface area (Å²) in [6.07, 6.45) is 0.186. The summed E-state index contributed by atoms with van der Waals surface area (Å²) in [7, 11) is 0. The Bertz CT molecular complexity index is 765. The molecule has 2 rings (SSSR count). The monoisotopic (exact) mass is 486 g/mol. The van der Waals surface area contributed by atoms with E-state index in [9.17, 15) is 19.5 Å². The average Bonchev–Trinajstić information content (AvgIpc) is 2.56. The molecule has 0 saturated carbocycles. The highest BCUT2D eigenvalue weighted by Gasteiger charge is 2.32. The largest absolute Gasteiger partial charge is 0.511 e. The summed E-state index contributed by atoms with van der Waals surface area (Å²) in [6.45, 7) is 5.43. The number of ether oxygens (including phenoxy) is 1. The zero-order valence-electron chi connectivity index (χ0n) is 15.5. The molecule has 0 spiro atoms. The molecule has 2 N–H and O–H groups in total. The molecule has 0 radical (unpaired) electrons. The van der Waals surface area contributed by atoms with Crippen LogP contribution in [0.2, 0.25) is 0 Å². The van der Waals surface area contributed by atoms with Crippen molar-refractivity contribution < 1.29 is 24.2 Å². The van der Waals surface area contributed by atoms with E-state index in [4.69, 9.17) is 4.74 Å². The third kappa shape index (κ3) is 6.23. The maximum absolute atomic E-state index is 12.7. The minimum absolute atomic E-state index is 0.186. The average molecular weight is 486 g/mol. The highest BCUT2D eigenvalue weighted by molar-refractivity contribution is 14.1. The number of benzene rings is 1. The van der Waals surface area contributed by atoms with Crippen LogP contribution >= 0.6 is 22.6 Å². The van der Waals surface area contributed by atoms with Crippen molar-refractivity contribution in [1.29, 1.82) is 0 Å². The standard InChI is InChI=1S/C19H23IN2O5/c1-19(2,3)27-15(24)10-21-17(25)16-14(23)8-9-22(18(16)26)11-12-4-6-13(20)7-5-12/h4-7,23H,8-11H2,1-3H3,(H,21,25). The number of esters is 1. The van der Waals surface area contributed by atoms with Gasteiger partial charge in [-0.1, -0.05) is 12.1 Å². The molecule has 146 valence electrons. The van der Waals surface area contributed by atoms with Crippen LogP contribution in [-0.2, 0) is 25.7 Å². The number of halogens is 1. The Morgan fingerprint density at radius 3 is 2.48 bits per heavy atom. The third-order valence-electron chi connectivity index (χ3n) is 3.74. The lowest BCUT2D eigenvalue weighted by atomic mass is 10.0. The van der Waals surface area contributed by atoms with Crippen molar-refractivity contribution in [2.75, 3.05) is 13.1 Å². The molecule has 0 atom stereocenters. The first-order valence-electron chi connectivity index (χ1n) is 8.52. The first-order chi connectivity index (χ1) is 12.6. The topological polar surface area (TPSA) is 95.9 Å². The van der Waals surface area contributed by atoms with Crippen LogP contribution in [0, 0.1) is 3.57 Å². The smallest absolute Gasteiger partial charge is 0.325 e. The molecule has 0 bridgehead atoms. The van der Waals surface area contributed by atoms with E-state index in [0.717, 1.165) is 9.13 Å². The number of aliphatic hydroxyl groups is 1. The minimum Gasteiger partial charge on any atom is -0.511 e. The number of hydrogen-bond acceptors (Lipinski definition) is 5. The van der Waals surface area contributed by atoms with Gasteiger partial charge in [-0.3, -0.25) is 14.4 Å². The second-order valence-corrected chi connectivity index (χ2v) is 8.44. The first-order valence-corrected chi connectivity index (χ1v) is 9.60. The third-order valence-corrected chi connectivity index (χ3v) is 4.45. The predicted octanol–water partition coefficient (Wildman–Crippen LogP) is 2.29. The molecule has 1 aromatic rings. The van der Waals surface area contributed by atoms with Crippen molar-refractivity contribution in [1.82, 2.24) is 10.2 Å². The van der Waals surface area contributed by atoms with Crippen molar-refractivity contribution in [3.05, 3.63) is 44.7 Å². The Hall–Kier alpha value is -2.10. The molecule has 1 aliphatic heterocycles. The molecular formula is C19H23IN2O5. The van der Waals surface area contributed by atoms with Crippen molar-refractivity contribution in [3.63, 3.8) is 0 Å². The highest BCUT2D eigenvalue weighted by atomic mass is 127. The van der Waals surface area contributed by atoms with Gasteiger partial charge < -0.3 is 20.1 Å². The van der Waals surface area contributed by atoms with Crippen molar-refractivity contribution >= 4 is 40.4 Å². The van der Waals surface area contributed by atoms with E-state index in [1.54, 1.807) is 20.8 Å². The van der Waals surface area contributed by atoms with Crippen LogP contribution in [0.4, 0.5) is 0 Å². The fraction of sp³-hybridized carbons (Fsp3) is 0.421. The summed E-state index contributed by atoms with van der Waals surface area (Å²) in [4.78, 5) is 38.2. The fourth-order valence-corrected chi connectivity index (χ4v) is 2.92. The molecule has 8 heteroatoms. The lowest BCUT2D eigenvalue weighted by Crippen LogP contribution is -2.43. The molecule has 0 fully saturated rings. The lowest BCUT2D eigenvalue weighted by molar-refractivity contribution is -0.154. The van der Waals surface area contributed by atoms with Gasteiger partial charge in [0.1, 0.15) is 23.5 Å². The molecule has 1 aromatic carbocycles. The first kappa shape index (κ1) is 21.2. The Morgan fingerprint density at radius 1 is 1.26 bits per heavy atom. The summed E-state index contributed by atoms with van der Waals surface area (Å²) in [5.74, 6) is -2.22. The highest BCUT2D eigenvalue weighted by Crippen LogP contribution is 2.20. The zero-order valence-corrected chi connectivity index (χ0v) is 17.7. The van der Waals surface area contributed by atoms with Gasteiger partial charge in [-0.05, 0) is 61.1 Å². The maximum Gasteiger partial charge on any atom is 0.325 e. The Labute approximate surface area is 171 Å². The molecule has 0 saturated heterocycles. The molecule has 1 aliphatic rings. The Morgan fingerprint density at radius 2 is 1.89 bits per heavy atom. The van der Waals surface area contributed by atoms with Crippen molar-refractivity contribution in [2.24, 2.45) is 0 Å². The van der Waals surface area contributed by atoms with Gasteiger partial charge in [0, 0.05) is 23.1 Å². The molecule has 0 unspecified atom stereocenters. The Balaban J connectivity index is 2.02. The number of aliphatic hydroxyl groups excluding tert-OH is 1. The molecule has 27 heavy (non-hydrogen) atoms. The van der Waals surface area contributed by atoms with Crippen LogP contribution in [0.15, 0.2) is 35.6 Å². The summed E-state index contributed by atoms with van der Waals surface area (Å²) in [5.41, 5.74) is -0.0669. The van der Waals surface area contributed by atoms with E-state index in [2.05, 4.69) is 27.9 Å². The van der Waals surface area contributed by atoms with Gasteiger partial charge >= 0.3 is 5.97 Å². The SMILES string of the molecule is CC(C)(C)OC(=O)CNC(=O)C1=C(O)CCN(Cc2ccc(I)cc2)C1=O. The molecule has 0 aliphatic carbocycles. The maximum atomic E-state index is 12.7. The van der Waals surface area contributed by atoms with Crippen LogP contribution in [-0.4, -0.2) is 46.5 Å². The number of amides is 2. The van der Waals surface area contributed by atoms with Crippen LogP contribution in [0.25, 0.3) is 0 Å². The summed E-state index contributed by atoms with van der Waals surface area (Å²) < 4.78 is 6.20. The van der Waals surface area contributed by atoms with Crippen LogP contribution < -0.4 is 5.32 Å². The van der Waals surface area contributed by atoms with E-state index in [1.165, 1.54) is 4.90 Å². The molecule has 7 nitrogen and oxygen atoms in total. The minimum atomic E-state index is -0.782. The van der Waals surface area contributed by atoms with Crippen molar-refractivity contribution in [3.8, 4) is 0 Å². The summed E-state index contributed by atoms with van der Waals surface area (Å²) in [6, 6.07) is 7.70. The van der Waals surface area contributed by atoms with Gasteiger partial charge in [0.2, 0.25) is 0 Å². The quantitative estimate of drug-likeness (QED) is 0.379. The van der Waals surface area contributed by atoms with Crippen LogP contribution in [0.1, 0.15) is 32.8 Å². The van der Waals surface area contributed by atoms with Crippen LogP contribution in [0.3, 0.4) is 0 Å². The molecule has 0 aromatic heterocycles. The van der Waals surface area contributed by atoms with E-state index in [-0.39, 0.29) is 24.3 Å². The number of carbonyl (C=O) groups is 3. The number of carbonyl (C=O) groups excluding carboxylic acids is 3. The number of rotatable bonds is 5. The van der Waals surface area contributed by atoms with E-state index >= 15 is 0 Å². The Kier molecular flexibility index (Phi) is 6.85. The summed E-state index contributed by atoms with van der Waals surface area (Å²) in [5, 5.41) is 12.4. The van der Waals surface area contributed by atoms with Gasteiger partial charge in [-0.15, -0.1) is 0 Å². The van der Waals surface area contributed by atoms with Crippen molar-refractivity contribution in [2.45, 2.75) is 39.3 Å². The van der Waals surface area contributed by atoms with Gasteiger partial charge in [0.15, 0.2) is 0 Å². The van der Waals surface area contributed by atoms with Gasteiger partial charge in [0.05, 0.1) is 0 Å². The molecule has 2 amide bonds. The van der Waals surface area contributed by atoms with E-state index in [0.29, 0.717) is 13.1 Å². The van der Waals surface area contributed by atoms with E-state index in [1.807, 2.05) is 24.3 Å². The number of nitrogens with zero attached hydrogens (tertiary/aromatic N) is 1. The fourth-order valence-electron chi connectivity index (χ4n) is 2.56. The van der Waals surface area contributed by atoms with Crippen LogP contribution in [0.5, 0.6) is 0 Å². The molecule has 1 heterocycles. The van der Waals surface area contributed by atoms with Gasteiger partial charge in [0.25, 0.3) is 11.8 Å². The predicted molar refractivity (Wildman–Crippen MR) is 108 cm³/mol. The number of nitrogens with one attached hydrogen (secondary N) is 1. The second-order valence-electron chi connectivity index (χ2n) is 7.19. The summed E-state index contributed by atoms with van der Waals surface area (Å²) >= 11 is 2.20. The normalized spacial score (nSPS) is 15.0. The van der Waals surface area contributed by atoms with E-state index < -0.39 is 23.4 Å². The van der Waals surface area contributed by atoms with Gasteiger partial charge in [-0.2, -0.15) is 0 Å². The lowest BCUT2D eigenvalue weighted by Gasteiger charge is -2.28. The van der Waals surface area contributed by atoms with Gasteiger partial charge in [-0.25, -0.2) is 0 Å².